The topological polar surface area (TPSA) is 68.1 Å². The number of hydrogen-bond acceptors (Lipinski definition) is 4. The highest BCUT2D eigenvalue weighted by Gasteiger charge is 2.19. The molecule has 0 aliphatic carbocycles. The van der Waals surface area contributed by atoms with Crippen LogP contribution in [0, 0.1) is 0 Å². The zero-order valence-electron chi connectivity index (χ0n) is 10.3. The Morgan fingerprint density at radius 2 is 2.06 bits per heavy atom. The van der Waals surface area contributed by atoms with Crippen LogP contribution in [0.15, 0.2) is 0 Å². The summed E-state index contributed by atoms with van der Waals surface area (Å²) >= 11 is 0. The lowest BCUT2D eigenvalue weighted by Gasteiger charge is -2.14. The monoisotopic (exact) mass is 258 g/mol. The first kappa shape index (κ1) is 12.5. The normalized spacial score (nSPS) is 16.9. The first-order valence-electron chi connectivity index (χ1n) is 5.81. The van der Waals surface area contributed by atoms with E-state index in [9.17, 15) is 8.42 Å². The minimum Gasteiger partial charge on any atom is -0.314 e. The molecule has 0 saturated heterocycles. The third-order valence-corrected chi connectivity index (χ3v) is 4.38. The highest BCUT2D eigenvalue weighted by Crippen LogP contribution is 2.15. The molecule has 1 aromatic heterocycles. The van der Waals surface area contributed by atoms with Gasteiger partial charge >= 0.3 is 0 Å². The molecule has 2 rings (SSSR count). The summed E-state index contributed by atoms with van der Waals surface area (Å²) < 4.78 is 26.1. The molecule has 17 heavy (non-hydrogen) atoms. The number of hydrogen-bond donors (Lipinski definition) is 0. The summed E-state index contributed by atoms with van der Waals surface area (Å²) in [7, 11) is -1.60. The van der Waals surface area contributed by atoms with Crippen molar-refractivity contribution in [2.24, 2.45) is 0 Å². The fourth-order valence-corrected chi connectivity index (χ4v) is 2.33. The van der Waals surface area contributed by atoms with Gasteiger partial charge in [-0.15, -0.1) is 10.2 Å². The van der Waals surface area contributed by atoms with Gasteiger partial charge in [-0.05, 0) is 12.8 Å². The van der Waals surface area contributed by atoms with E-state index in [1.807, 2.05) is 0 Å². The molecular weight excluding hydrogens is 240 g/mol. The summed E-state index contributed by atoms with van der Waals surface area (Å²) in [5, 5.41) is 8.24. The molecule has 96 valence electrons. The third kappa shape index (κ3) is 2.84. The van der Waals surface area contributed by atoms with Crippen LogP contribution >= 0.6 is 0 Å². The van der Waals surface area contributed by atoms with Gasteiger partial charge in [-0.1, -0.05) is 6.42 Å². The maximum atomic E-state index is 11.4. The van der Waals surface area contributed by atoms with E-state index in [0.29, 0.717) is 6.54 Å². The quantitative estimate of drug-likeness (QED) is 0.787. The lowest BCUT2D eigenvalue weighted by molar-refractivity contribution is 0.447. The summed E-state index contributed by atoms with van der Waals surface area (Å²) in [6.45, 7) is 1.20. The van der Waals surface area contributed by atoms with Crippen LogP contribution in [-0.2, 0) is 29.5 Å². The van der Waals surface area contributed by atoms with Crippen molar-refractivity contribution in [2.45, 2.75) is 38.8 Å². The Hall–Kier alpha value is -0.950. The van der Waals surface area contributed by atoms with Crippen molar-refractivity contribution in [1.29, 1.82) is 0 Å². The van der Waals surface area contributed by atoms with Gasteiger partial charge in [0, 0.05) is 20.0 Å². The van der Waals surface area contributed by atoms with Crippen LogP contribution in [0.2, 0.25) is 0 Å². The van der Waals surface area contributed by atoms with E-state index in [1.54, 1.807) is 7.05 Å². The fourth-order valence-electron chi connectivity index (χ4n) is 1.98. The average molecular weight is 258 g/mol. The summed E-state index contributed by atoms with van der Waals surface area (Å²) in [6, 6.07) is 0. The predicted octanol–water partition coefficient (Wildman–Crippen LogP) is 0.396. The number of rotatable bonds is 3. The van der Waals surface area contributed by atoms with Gasteiger partial charge in [0.1, 0.15) is 11.6 Å². The van der Waals surface area contributed by atoms with Crippen LogP contribution in [0.25, 0.3) is 0 Å². The van der Waals surface area contributed by atoms with Crippen LogP contribution in [-0.4, -0.2) is 40.8 Å². The molecule has 7 heteroatoms. The molecule has 0 aromatic carbocycles. The molecule has 0 saturated carbocycles. The SMILES string of the molecule is CN(Cc1nnc2n1CCCCC2)S(C)(=O)=O. The molecule has 1 aromatic rings. The minimum atomic E-state index is -3.16. The molecule has 2 heterocycles. The summed E-state index contributed by atoms with van der Waals surface area (Å²) in [5.41, 5.74) is 0. The molecule has 0 N–H and O–H groups in total. The minimum absolute atomic E-state index is 0.297. The standard InChI is InChI=1S/C10H18N4O2S/c1-13(17(2,15)16)8-10-12-11-9-6-4-3-5-7-14(9)10/h3-8H2,1-2H3. The largest absolute Gasteiger partial charge is 0.314 e. The van der Waals surface area contributed by atoms with Gasteiger partial charge < -0.3 is 4.57 Å². The van der Waals surface area contributed by atoms with Crippen molar-refractivity contribution in [3.8, 4) is 0 Å². The van der Waals surface area contributed by atoms with E-state index in [1.165, 1.54) is 17.0 Å². The average Bonchev–Trinajstić information content (AvgIpc) is 2.48. The van der Waals surface area contributed by atoms with E-state index in [-0.39, 0.29) is 0 Å². The fraction of sp³-hybridized carbons (Fsp3) is 0.800. The highest BCUT2D eigenvalue weighted by atomic mass is 32.2. The second-order valence-electron chi connectivity index (χ2n) is 4.51. The van der Waals surface area contributed by atoms with Crippen molar-refractivity contribution in [3.05, 3.63) is 11.6 Å². The molecular formula is C10H18N4O2S. The Morgan fingerprint density at radius 3 is 2.76 bits per heavy atom. The second kappa shape index (κ2) is 4.73. The van der Waals surface area contributed by atoms with Crippen molar-refractivity contribution >= 4 is 10.0 Å². The first-order chi connectivity index (χ1) is 7.98. The van der Waals surface area contributed by atoms with Crippen molar-refractivity contribution in [2.75, 3.05) is 13.3 Å². The molecule has 0 fully saturated rings. The lowest BCUT2D eigenvalue weighted by atomic mass is 10.2. The number of sulfonamides is 1. The van der Waals surface area contributed by atoms with Gasteiger partial charge in [0.05, 0.1) is 12.8 Å². The lowest BCUT2D eigenvalue weighted by Crippen LogP contribution is -2.26. The van der Waals surface area contributed by atoms with Gasteiger partial charge in [-0.25, -0.2) is 8.42 Å². The maximum absolute atomic E-state index is 11.4. The molecule has 0 unspecified atom stereocenters. The van der Waals surface area contributed by atoms with Crippen LogP contribution < -0.4 is 0 Å². The molecule has 0 radical (unpaired) electrons. The molecule has 1 aliphatic rings. The molecule has 0 bridgehead atoms. The number of nitrogens with zero attached hydrogens (tertiary/aromatic N) is 4. The summed E-state index contributed by atoms with van der Waals surface area (Å²) in [4.78, 5) is 0. The zero-order chi connectivity index (χ0) is 12.5. The summed E-state index contributed by atoms with van der Waals surface area (Å²) in [5.74, 6) is 1.73. The Bertz CT molecular complexity index is 494. The second-order valence-corrected chi connectivity index (χ2v) is 6.60. The Kier molecular flexibility index (Phi) is 3.48. The van der Waals surface area contributed by atoms with Crippen molar-refractivity contribution in [1.82, 2.24) is 19.1 Å². The summed E-state index contributed by atoms with van der Waals surface area (Å²) in [6.07, 6.45) is 5.59. The number of aromatic nitrogens is 3. The Labute approximate surface area is 102 Å². The number of fused-ring (bicyclic) bond motifs is 1. The zero-order valence-corrected chi connectivity index (χ0v) is 11.1. The molecule has 6 nitrogen and oxygen atoms in total. The van der Waals surface area contributed by atoms with Crippen molar-refractivity contribution in [3.63, 3.8) is 0 Å². The Morgan fingerprint density at radius 1 is 1.29 bits per heavy atom. The molecule has 0 atom stereocenters. The number of aryl methyl sites for hydroxylation is 1. The van der Waals surface area contributed by atoms with E-state index in [4.69, 9.17) is 0 Å². The van der Waals surface area contributed by atoms with Crippen LogP contribution in [0.1, 0.15) is 30.9 Å². The van der Waals surface area contributed by atoms with Crippen LogP contribution in [0.4, 0.5) is 0 Å². The van der Waals surface area contributed by atoms with Gasteiger partial charge in [0.2, 0.25) is 10.0 Å². The highest BCUT2D eigenvalue weighted by molar-refractivity contribution is 7.88. The predicted molar refractivity (Wildman–Crippen MR) is 63.9 cm³/mol. The van der Waals surface area contributed by atoms with Gasteiger partial charge in [-0.3, -0.25) is 0 Å². The van der Waals surface area contributed by atoms with Crippen molar-refractivity contribution < 1.29 is 8.42 Å². The molecule has 1 aliphatic heterocycles. The third-order valence-electron chi connectivity index (χ3n) is 3.12. The van der Waals surface area contributed by atoms with E-state index in [2.05, 4.69) is 14.8 Å². The molecule has 0 spiro atoms. The van der Waals surface area contributed by atoms with Crippen LogP contribution in [0.5, 0.6) is 0 Å². The van der Waals surface area contributed by atoms with Gasteiger partial charge in [0.15, 0.2) is 0 Å². The van der Waals surface area contributed by atoms with E-state index in [0.717, 1.165) is 37.5 Å². The van der Waals surface area contributed by atoms with Gasteiger partial charge in [0.25, 0.3) is 0 Å². The first-order valence-corrected chi connectivity index (χ1v) is 7.65. The maximum Gasteiger partial charge on any atom is 0.211 e. The smallest absolute Gasteiger partial charge is 0.211 e. The molecule has 0 amide bonds. The van der Waals surface area contributed by atoms with E-state index < -0.39 is 10.0 Å². The van der Waals surface area contributed by atoms with E-state index >= 15 is 0 Å². The Balaban J connectivity index is 2.20. The van der Waals surface area contributed by atoms with Gasteiger partial charge in [-0.2, -0.15) is 4.31 Å². The van der Waals surface area contributed by atoms with Crippen LogP contribution in [0.3, 0.4) is 0 Å².